The SMILES string of the molecule is CC[CH]OC(=O)OC1CCCCC1. The Balaban J connectivity index is 2.11. The lowest BCUT2D eigenvalue weighted by molar-refractivity contribution is 0.0233. The van der Waals surface area contributed by atoms with Crippen LogP contribution in [0.15, 0.2) is 0 Å². The molecule has 1 radical (unpaired) electrons. The summed E-state index contributed by atoms with van der Waals surface area (Å²) in [6.07, 6.45) is 5.82. The van der Waals surface area contributed by atoms with Gasteiger partial charge < -0.3 is 9.47 Å². The molecule has 3 heteroatoms. The second-order valence-corrected chi connectivity index (χ2v) is 3.32. The average Bonchev–Trinajstić information content (AvgIpc) is 2.16. The Morgan fingerprint density at radius 1 is 1.38 bits per heavy atom. The van der Waals surface area contributed by atoms with Crippen molar-refractivity contribution in [3.05, 3.63) is 6.61 Å². The number of rotatable bonds is 3. The van der Waals surface area contributed by atoms with Crippen molar-refractivity contribution in [2.45, 2.75) is 51.6 Å². The Bertz CT molecular complexity index is 150. The van der Waals surface area contributed by atoms with Crippen LogP contribution >= 0.6 is 0 Å². The topological polar surface area (TPSA) is 35.5 Å². The summed E-state index contributed by atoms with van der Waals surface area (Å²) in [7, 11) is 0. The predicted molar refractivity (Wildman–Crippen MR) is 49.0 cm³/mol. The van der Waals surface area contributed by atoms with Crippen LogP contribution in [-0.4, -0.2) is 12.3 Å². The minimum absolute atomic E-state index is 0.0894. The molecule has 13 heavy (non-hydrogen) atoms. The maximum Gasteiger partial charge on any atom is 0.508 e. The van der Waals surface area contributed by atoms with Crippen molar-refractivity contribution in [3.8, 4) is 0 Å². The molecule has 0 aromatic rings. The van der Waals surface area contributed by atoms with E-state index in [1.807, 2.05) is 6.92 Å². The molecule has 75 valence electrons. The molecule has 1 saturated carbocycles. The van der Waals surface area contributed by atoms with E-state index in [1.165, 1.54) is 13.0 Å². The molecule has 0 aliphatic heterocycles. The van der Waals surface area contributed by atoms with E-state index in [4.69, 9.17) is 9.47 Å². The van der Waals surface area contributed by atoms with Gasteiger partial charge in [0.15, 0.2) is 0 Å². The third kappa shape index (κ3) is 4.15. The fraction of sp³-hybridized carbons (Fsp3) is 0.800. The quantitative estimate of drug-likeness (QED) is 0.634. The Morgan fingerprint density at radius 2 is 2.08 bits per heavy atom. The highest BCUT2D eigenvalue weighted by Crippen LogP contribution is 2.20. The lowest BCUT2D eigenvalue weighted by Gasteiger charge is -2.20. The second-order valence-electron chi connectivity index (χ2n) is 3.32. The van der Waals surface area contributed by atoms with Gasteiger partial charge in [-0.2, -0.15) is 0 Å². The van der Waals surface area contributed by atoms with E-state index in [-0.39, 0.29) is 6.10 Å². The van der Waals surface area contributed by atoms with Crippen LogP contribution in [0.25, 0.3) is 0 Å². The van der Waals surface area contributed by atoms with Crippen LogP contribution in [0.4, 0.5) is 4.79 Å². The lowest BCUT2D eigenvalue weighted by Crippen LogP contribution is -2.20. The number of hydrogen-bond acceptors (Lipinski definition) is 3. The van der Waals surface area contributed by atoms with Gasteiger partial charge in [0.25, 0.3) is 0 Å². The number of carbonyl (C=O) groups excluding carboxylic acids is 1. The summed E-state index contributed by atoms with van der Waals surface area (Å²) < 4.78 is 9.81. The Labute approximate surface area is 79.4 Å². The number of carbonyl (C=O) groups is 1. The largest absolute Gasteiger partial charge is 0.508 e. The van der Waals surface area contributed by atoms with Gasteiger partial charge >= 0.3 is 6.16 Å². The zero-order valence-corrected chi connectivity index (χ0v) is 8.12. The molecule has 3 nitrogen and oxygen atoms in total. The molecule has 0 bridgehead atoms. The molecular formula is C10H17O3. The molecule has 1 aliphatic rings. The highest BCUT2D eigenvalue weighted by Gasteiger charge is 2.18. The fourth-order valence-electron chi connectivity index (χ4n) is 1.50. The maximum atomic E-state index is 11.0. The highest BCUT2D eigenvalue weighted by molar-refractivity contribution is 5.60. The predicted octanol–water partition coefficient (Wildman–Crippen LogP) is 3.04. The monoisotopic (exact) mass is 185 g/mol. The summed E-state index contributed by atoms with van der Waals surface area (Å²) in [5, 5.41) is 0. The molecule has 0 N–H and O–H groups in total. The number of hydrogen-bond donors (Lipinski definition) is 0. The summed E-state index contributed by atoms with van der Waals surface area (Å²) in [6.45, 7) is 3.37. The summed E-state index contributed by atoms with van der Waals surface area (Å²) in [5.41, 5.74) is 0. The van der Waals surface area contributed by atoms with Gasteiger partial charge in [0.2, 0.25) is 0 Å². The van der Waals surface area contributed by atoms with E-state index in [0.717, 1.165) is 32.1 Å². The summed E-state index contributed by atoms with van der Waals surface area (Å²) in [4.78, 5) is 11.0. The first kappa shape index (κ1) is 10.4. The van der Waals surface area contributed by atoms with Crippen molar-refractivity contribution in [2.24, 2.45) is 0 Å². The molecule has 0 unspecified atom stereocenters. The molecule has 1 rings (SSSR count). The molecular weight excluding hydrogens is 168 g/mol. The Morgan fingerprint density at radius 3 is 2.69 bits per heavy atom. The first-order valence-corrected chi connectivity index (χ1v) is 5.02. The van der Waals surface area contributed by atoms with Crippen LogP contribution in [-0.2, 0) is 9.47 Å². The van der Waals surface area contributed by atoms with Crippen LogP contribution in [0.3, 0.4) is 0 Å². The molecule has 0 saturated heterocycles. The molecule has 0 aromatic carbocycles. The standard InChI is InChI=1S/C10H17O3/c1-2-8-12-10(11)13-9-6-4-3-5-7-9/h8-9H,2-7H2,1H3. The Hall–Kier alpha value is -0.730. The second kappa shape index (κ2) is 5.84. The smallest absolute Gasteiger partial charge is 0.431 e. The zero-order chi connectivity index (χ0) is 9.52. The van der Waals surface area contributed by atoms with Crippen LogP contribution in [0.1, 0.15) is 45.4 Å². The van der Waals surface area contributed by atoms with Crippen LogP contribution in [0.5, 0.6) is 0 Å². The van der Waals surface area contributed by atoms with Gasteiger partial charge in [0.1, 0.15) is 12.7 Å². The third-order valence-corrected chi connectivity index (χ3v) is 2.16. The molecule has 0 heterocycles. The molecule has 0 atom stereocenters. The highest BCUT2D eigenvalue weighted by atomic mass is 16.7. The van der Waals surface area contributed by atoms with Crippen molar-refractivity contribution >= 4 is 6.16 Å². The first-order valence-electron chi connectivity index (χ1n) is 5.02. The van der Waals surface area contributed by atoms with Gasteiger partial charge in [-0.1, -0.05) is 13.3 Å². The van der Waals surface area contributed by atoms with Gasteiger partial charge in [-0.3, -0.25) is 0 Å². The summed E-state index contributed by atoms with van der Waals surface area (Å²) >= 11 is 0. The zero-order valence-electron chi connectivity index (χ0n) is 8.12. The lowest BCUT2D eigenvalue weighted by atomic mass is 9.98. The van der Waals surface area contributed by atoms with E-state index >= 15 is 0 Å². The normalized spacial score (nSPS) is 18.2. The van der Waals surface area contributed by atoms with Gasteiger partial charge in [0, 0.05) is 0 Å². The van der Waals surface area contributed by atoms with E-state index in [9.17, 15) is 4.79 Å². The van der Waals surface area contributed by atoms with E-state index in [1.54, 1.807) is 0 Å². The minimum atomic E-state index is -0.547. The molecule has 0 amide bonds. The van der Waals surface area contributed by atoms with Crippen molar-refractivity contribution in [3.63, 3.8) is 0 Å². The minimum Gasteiger partial charge on any atom is -0.431 e. The van der Waals surface area contributed by atoms with Gasteiger partial charge in [-0.25, -0.2) is 4.79 Å². The van der Waals surface area contributed by atoms with E-state index < -0.39 is 6.16 Å². The molecule has 0 spiro atoms. The van der Waals surface area contributed by atoms with Crippen molar-refractivity contribution < 1.29 is 14.3 Å². The average molecular weight is 185 g/mol. The van der Waals surface area contributed by atoms with Crippen molar-refractivity contribution in [2.75, 3.05) is 0 Å². The third-order valence-electron chi connectivity index (χ3n) is 2.16. The van der Waals surface area contributed by atoms with Gasteiger partial charge in [0.05, 0.1) is 0 Å². The summed E-state index contributed by atoms with van der Waals surface area (Å²) in [6, 6.07) is 0. The van der Waals surface area contributed by atoms with Crippen LogP contribution in [0.2, 0.25) is 0 Å². The summed E-state index contributed by atoms with van der Waals surface area (Å²) in [5.74, 6) is 0. The van der Waals surface area contributed by atoms with Crippen LogP contribution < -0.4 is 0 Å². The van der Waals surface area contributed by atoms with Gasteiger partial charge in [-0.15, -0.1) is 0 Å². The Kier molecular flexibility index (Phi) is 4.65. The molecule has 1 fully saturated rings. The maximum absolute atomic E-state index is 11.0. The fourth-order valence-corrected chi connectivity index (χ4v) is 1.50. The van der Waals surface area contributed by atoms with Crippen molar-refractivity contribution in [1.29, 1.82) is 0 Å². The van der Waals surface area contributed by atoms with E-state index in [0.29, 0.717) is 0 Å². The van der Waals surface area contributed by atoms with Gasteiger partial charge in [-0.05, 0) is 32.1 Å². The first-order chi connectivity index (χ1) is 6.33. The molecule has 0 aromatic heterocycles. The number of ether oxygens (including phenoxy) is 2. The van der Waals surface area contributed by atoms with Crippen molar-refractivity contribution in [1.82, 2.24) is 0 Å². The van der Waals surface area contributed by atoms with Crippen LogP contribution in [0, 0.1) is 6.61 Å². The molecule has 1 aliphatic carbocycles. The van der Waals surface area contributed by atoms with E-state index in [2.05, 4.69) is 0 Å².